The number of carbonyl (C=O) groups excluding carboxylic acids is 2. The standard InChI is InChI=1S/C20H24ClNO5/c1-5-26-19(23)16-12(2)22-13(3)17(20(24)27-11-10-25-4)18(16)14-8-6-7-9-15(14)21/h6-9,18,22H,5,10-11H2,1-4H3. The highest BCUT2D eigenvalue weighted by atomic mass is 35.5. The van der Waals surface area contributed by atoms with Crippen molar-refractivity contribution in [1.82, 2.24) is 5.32 Å². The van der Waals surface area contributed by atoms with Crippen molar-refractivity contribution in [3.05, 3.63) is 57.4 Å². The summed E-state index contributed by atoms with van der Waals surface area (Å²) in [6.45, 7) is 5.88. The summed E-state index contributed by atoms with van der Waals surface area (Å²) in [6, 6.07) is 7.12. The lowest BCUT2D eigenvalue weighted by Gasteiger charge is -2.30. The Balaban J connectivity index is 2.56. The van der Waals surface area contributed by atoms with Crippen LogP contribution in [0.1, 0.15) is 32.3 Å². The molecule has 1 aromatic rings. The fourth-order valence-corrected chi connectivity index (χ4v) is 3.30. The van der Waals surface area contributed by atoms with E-state index in [1.54, 1.807) is 39.0 Å². The SMILES string of the molecule is CCOC(=O)C1=C(C)NC(C)=C(C(=O)OCCOC)C1c1ccccc1Cl. The molecule has 7 heteroatoms. The Morgan fingerprint density at radius 2 is 1.63 bits per heavy atom. The molecule has 0 aromatic heterocycles. The summed E-state index contributed by atoms with van der Waals surface area (Å²) in [5.41, 5.74) is 2.53. The zero-order valence-electron chi connectivity index (χ0n) is 15.9. The Labute approximate surface area is 164 Å². The molecule has 1 atom stereocenters. The maximum absolute atomic E-state index is 12.8. The number of ether oxygens (including phenoxy) is 3. The van der Waals surface area contributed by atoms with Gasteiger partial charge in [0.15, 0.2) is 0 Å². The van der Waals surface area contributed by atoms with Crippen molar-refractivity contribution in [3.8, 4) is 0 Å². The summed E-state index contributed by atoms with van der Waals surface area (Å²) < 4.78 is 15.5. The topological polar surface area (TPSA) is 73.9 Å². The Morgan fingerprint density at radius 3 is 2.19 bits per heavy atom. The first kappa shape index (κ1) is 21.0. The van der Waals surface area contributed by atoms with E-state index >= 15 is 0 Å². The molecule has 1 unspecified atom stereocenters. The second kappa shape index (κ2) is 9.58. The van der Waals surface area contributed by atoms with E-state index in [-0.39, 0.29) is 19.8 Å². The van der Waals surface area contributed by atoms with Crippen molar-refractivity contribution in [2.24, 2.45) is 0 Å². The van der Waals surface area contributed by atoms with Gasteiger partial charge < -0.3 is 19.5 Å². The van der Waals surface area contributed by atoms with Gasteiger partial charge in [-0.2, -0.15) is 0 Å². The number of esters is 2. The van der Waals surface area contributed by atoms with Gasteiger partial charge in [-0.1, -0.05) is 29.8 Å². The van der Waals surface area contributed by atoms with Crippen LogP contribution in [-0.4, -0.2) is 38.9 Å². The maximum atomic E-state index is 12.8. The fraction of sp³-hybridized carbons (Fsp3) is 0.400. The third-order valence-electron chi connectivity index (χ3n) is 4.21. The Morgan fingerprint density at radius 1 is 1.04 bits per heavy atom. The van der Waals surface area contributed by atoms with Crippen LogP contribution in [0.25, 0.3) is 0 Å². The second-order valence-corrected chi connectivity index (χ2v) is 6.41. The summed E-state index contributed by atoms with van der Waals surface area (Å²) in [7, 11) is 1.53. The highest BCUT2D eigenvalue weighted by Gasteiger charge is 2.38. The van der Waals surface area contributed by atoms with E-state index in [9.17, 15) is 9.59 Å². The molecule has 0 bridgehead atoms. The van der Waals surface area contributed by atoms with Crippen LogP contribution in [0.5, 0.6) is 0 Å². The normalized spacial score (nSPS) is 16.9. The maximum Gasteiger partial charge on any atom is 0.336 e. The number of methoxy groups -OCH3 is 1. The molecular weight excluding hydrogens is 370 g/mol. The van der Waals surface area contributed by atoms with Crippen LogP contribution in [0, 0.1) is 0 Å². The van der Waals surface area contributed by atoms with Crippen LogP contribution in [0.2, 0.25) is 5.02 Å². The first-order valence-electron chi connectivity index (χ1n) is 8.68. The minimum Gasteiger partial charge on any atom is -0.463 e. The number of benzene rings is 1. The molecule has 1 aliphatic rings. The zero-order valence-corrected chi connectivity index (χ0v) is 16.7. The molecule has 0 saturated heterocycles. The lowest BCUT2D eigenvalue weighted by Crippen LogP contribution is -2.33. The molecular formula is C20H24ClNO5. The van der Waals surface area contributed by atoms with Crippen LogP contribution in [0.4, 0.5) is 0 Å². The summed E-state index contributed by atoms with van der Waals surface area (Å²) in [5, 5.41) is 3.55. The minimum atomic E-state index is -0.686. The van der Waals surface area contributed by atoms with Gasteiger partial charge in [-0.15, -0.1) is 0 Å². The first-order valence-corrected chi connectivity index (χ1v) is 9.06. The van der Waals surface area contributed by atoms with Crippen molar-refractivity contribution in [1.29, 1.82) is 0 Å². The molecule has 6 nitrogen and oxygen atoms in total. The van der Waals surface area contributed by atoms with Gasteiger partial charge in [0.2, 0.25) is 0 Å². The van der Waals surface area contributed by atoms with Crippen molar-refractivity contribution >= 4 is 23.5 Å². The van der Waals surface area contributed by atoms with Crippen LogP contribution >= 0.6 is 11.6 Å². The number of allylic oxidation sites excluding steroid dienone is 2. The molecule has 1 N–H and O–H groups in total. The third-order valence-corrected chi connectivity index (χ3v) is 4.56. The highest BCUT2D eigenvalue weighted by Crippen LogP contribution is 2.41. The Hall–Kier alpha value is -2.31. The molecule has 1 aromatic carbocycles. The van der Waals surface area contributed by atoms with Gasteiger partial charge >= 0.3 is 11.9 Å². The largest absolute Gasteiger partial charge is 0.463 e. The smallest absolute Gasteiger partial charge is 0.336 e. The Kier molecular flexibility index (Phi) is 7.45. The predicted octanol–water partition coefficient (Wildman–Crippen LogP) is 3.33. The average molecular weight is 394 g/mol. The molecule has 0 saturated carbocycles. The van der Waals surface area contributed by atoms with E-state index in [1.807, 2.05) is 6.07 Å². The fourth-order valence-electron chi connectivity index (χ4n) is 3.06. The number of halogens is 1. The van der Waals surface area contributed by atoms with Gasteiger partial charge in [0, 0.05) is 23.5 Å². The molecule has 0 radical (unpaired) electrons. The average Bonchev–Trinajstić information content (AvgIpc) is 2.61. The van der Waals surface area contributed by atoms with Crippen LogP contribution in [0.3, 0.4) is 0 Å². The lowest BCUT2D eigenvalue weighted by molar-refractivity contribution is -0.140. The quantitative estimate of drug-likeness (QED) is 0.565. The van der Waals surface area contributed by atoms with E-state index in [4.69, 9.17) is 25.8 Å². The number of nitrogens with one attached hydrogen (secondary N) is 1. The molecule has 146 valence electrons. The monoisotopic (exact) mass is 393 g/mol. The Bertz CT molecular complexity index is 784. The lowest BCUT2D eigenvalue weighted by atomic mass is 9.80. The number of hydrogen-bond donors (Lipinski definition) is 1. The molecule has 0 aliphatic carbocycles. The molecule has 27 heavy (non-hydrogen) atoms. The molecule has 2 rings (SSSR count). The van der Waals surface area contributed by atoms with Gasteiger partial charge in [-0.05, 0) is 32.4 Å². The number of hydrogen-bond acceptors (Lipinski definition) is 6. The van der Waals surface area contributed by atoms with E-state index in [1.165, 1.54) is 7.11 Å². The van der Waals surface area contributed by atoms with Crippen molar-refractivity contribution in [2.45, 2.75) is 26.7 Å². The van der Waals surface area contributed by atoms with Crippen molar-refractivity contribution in [2.75, 3.05) is 26.9 Å². The molecule has 0 fully saturated rings. The second-order valence-electron chi connectivity index (χ2n) is 6.01. The summed E-state index contributed by atoms with van der Waals surface area (Å²) in [4.78, 5) is 25.5. The molecule has 0 amide bonds. The van der Waals surface area contributed by atoms with E-state index < -0.39 is 17.9 Å². The molecule has 0 spiro atoms. The zero-order chi connectivity index (χ0) is 20.0. The first-order chi connectivity index (χ1) is 12.9. The van der Waals surface area contributed by atoms with Gasteiger partial charge in [0.05, 0.1) is 30.3 Å². The van der Waals surface area contributed by atoms with E-state index in [2.05, 4.69) is 5.32 Å². The van der Waals surface area contributed by atoms with Crippen molar-refractivity contribution < 1.29 is 23.8 Å². The van der Waals surface area contributed by atoms with Crippen molar-refractivity contribution in [3.63, 3.8) is 0 Å². The third kappa shape index (κ3) is 4.70. The van der Waals surface area contributed by atoms with Crippen LogP contribution < -0.4 is 5.32 Å². The van der Waals surface area contributed by atoms with E-state index in [0.29, 0.717) is 33.1 Å². The minimum absolute atomic E-state index is 0.110. The van der Waals surface area contributed by atoms with Gasteiger partial charge in [-0.25, -0.2) is 9.59 Å². The van der Waals surface area contributed by atoms with E-state index in [0.717, 1.165) is 0 Å². The number of dihydropyridines is 1. The van der Waals surface area contributed by atoms with Gasteiger partial charge in [0.1, 0.15) is 6.61 Å². The number of rotatable bonds is 7. The summed E-state index contributed by atoms with van der Waals surface area (Å²) in [6.07, 6.45) is 0. The molecule has 1 heterocycles. The molecule has 1 aliphatic heterocycles. The predicted molar refractivity (Wildman–Crippen MR) is 102 cm³/mol. The van der Waals surface area contributed by atoms with Gasteiger partial charge in [-0.3, -0.25) is 0 Å². The number of carbonyl (C=O) groups is 2. The highest BCUT2D eigenvalue weighted by molar-refractivity contribution is 6.31. The summed E-state index contributed by atoms with van der Waals surface area (Å²) in [5.74, 6) is -1.72. The van der Waals surface area contributed by atoms with Crippen LogP contribution in [0.15, 0.2) is 46.8 Å². The van der Waals surface area contributed by atoms with Crippen LogP contribution in [-0.2, 0) is 23.8 Å². The summed E-state index contributed by atoms with van der Waals surface area (Å²) >= 11 is 6.41. The van der Waals surface area contributed by atoms with Gasteiger partial charge in [0.25, 0.3) is 0 Å².